The molecule has 47 heavy (non-hydrogen) atoms. The predicted octanol–water partition coefficient (Wildman–Crippen LogP) is 12.5. The highest BCUT2D eigenvalue weighted by Crippen LogP contribution is 2.51. The van der Waals surface area contributed by atoms with Gasteiger partial charge in [-0.05, 0) is 118 Å². The molecule has 9 rings (SSSR count). The van der Waals surface area contributed by atoms with Gasteiger partial charge >= 0.3 is 0 Å². The molecule has 0 amide bonds. The van der Waals surface area contributed by atoms with E-state index in [1.807, 2.05) is 0 Å². The maximum Gasteiger partial charge on any atom is 0.118 e. The lowest BCUT2D eigenvalue weighted by atomic mass is 9.80. The van der Waals surface area contributed by atoms with Crippen LogP contribution >= 0.6 is 0 Å². The van der Waals surface area contributed by atoms with Gasteiger partial charge in [0, 0.05) is 5.41 Å². The molecule has 1 aliphatic rings. The van der Waals surface area contributed by atoms with Gasteiger partial charge in [0.1, 0.15) is 5.75 Å². The van der Waals surface area contributed by atoms with E-state index in [1.165, 1.54) is 88.0 Å². The third kappa shape index (κ3) is 4.23. The van der Waals surface area contributed by atoms with Crippen molar-refractivity contribution < 1.29 is 4.74 Å². The first-order valence-corrected chi connectivity index (χ1v) is 16.4. The molecule has 0 saturated heterocycles. The third-order valence-electron chi connectivity index (χ3n) is 10.4. The van der Waals surface area contributed by atoms with Crippen molar-refractivity contribution in [3.63, 3.8) is 0 Å². The molecule has 8 aromatic rings. The Morgan fingerprint density at radius 2 is 0.979 bits per heavy atom. The summed E-state index contributed by atoms with van der Waals surface area (Å²) in [7, 11) is 1.72. The molecule has 8 aromatic carbocycles. The second kappa shape index (κ2) is 10.4. The zero-order valence-corrected chi connectivity index (χ0v) is 26.8. The summed E-state index contributed by atoms with van der Waals surface area (Å²) in [4.78, 5) is 0. The Balaban J connectivity index is 1.36. The van der Waals surface area contributed by atoms with E-state index in [2.05, 4.69) is 166 Å². The fourth-order valence-corrected chi connectivity index (χ4v) is 7.97. The summed E-state index contributed by atoms with van der Waals surface area (Å²) in [6, 6.07) is 55.9. The van der Waals surface area contributed by atoms with Crippen molar-refractivity contribution in [2.75, 3.05) is 7.11 Å². The average molecular weight is 603 g/mol. The van der Waals surface area contributed by atoms with Crippen LogP contribution in [-0.4, -0.2) is 7.11 Å². The molecule has 1 nitrogen and oxygen atoms in total. The van der Waals surface area contributed by atoms with E-state index in [0.717, 1.165) is 5.75 Å². The number of fused-ring (bicyclic) bond motifs is 6. The minimum absolute atomic E-state index is 0.0766. The van der Waals surface area contributed by atoms with Crippen LogP contribution in [-0.2, 0) is 5.41 Å². The van der Waals surface area contributed by atoms with Gasteiger partial charge in [0.05, 0.1) is 7.11 Å². The van der Waals surface area contributed by atoms with Gasteiger partial charge in [0.15, 0.2) is 0 Å². The van der Waals surface area contributed by atoms with Crippen LogP contribution in [0.3, 0.4) is 0 Å². The SMILES string of the molecule is COc1ccc(-c2c3ccccc3c(-c3ccc4c(c3)C(C)(C)c3ccccc3-4)c3cc(-c4ccc5ccccc5c4)ccc23)cc1. The van der Waals surface area contributed by atoms with E-state index in [0.29, 0.717) is 0 Å². The molecule has 0 fully saturated rings. The lowest BCUT2D eigenvalue weighted by molar-refractivity contribution is 0.415. The summed E-state index contributed by atoms with van der Waals surface area (Å²) in [5, 5.41) is 7.52. The van der Waals surface area contributed by atoms with Crippen LogP contribution in [0.1, 0.15) is 25.0 Å². The van der Waals surface area contributed by atoms with Gasteiger partial charge in [0.25, 0.3) is 0 Å². The van der Waals surface area contributed by atoms with E-state index in [-0.39, 0.29) is 5.41 Å². The highest BCUT2D eigenvalue weighted by atomic mass is 16.5. The van der Waals surface area contributed by atoms with Crippen molar-refractivity contribution in [3.8, 4) is 50.3 Å². The highest BCUT2D eigenvalue weighted by Gasteiger charge is 2.35. The van der Waals surface area contributed by atoms with Crippen LogP contribution in [0.25, 0.3) is 76.8 Å². The second-order valence-corrected chi connectivity index (χ2v) is 13.3. The minimum atomic E-state index is -0.0766. The zero-order valence-electron chi connectivity index (χ0n) is 26.8. The number of benzene rings is 8. The summed E-state index contributed by atoms with van der Waals surface area (Å²) >= 11 is 0. The zero-order chi connectivity index (χ0) is 31.7. The molecule has 0 spiro atoms. The van der Waals surface area contributed by atoms with Crippen molar-refractivity contribution >= 4 is 32.3 Å². The van der Waals surface area contributed by atoms with E-state index in [4.69, 9.17) is 4.74 Å². The van der Waals surface area contributed by atoms with Crippen molar-refractivity contribution in [1.29, 1.82) is 0 Å². The van der Waals surface area contributed by atoms with E-state index >= 15 is 0 Å². The lowest BCUT2D eigenvalue weighted by Crippen LogP contribution is -2.14. The lowest BCUT2D eigenvalue weighted by Gasteiger charge is -2.23. The Bertz CT molecular complexity index is 2520. The molecule has 0 radical (unpaired) electrons. The number of rotatable bonds is 4. The van der Waals surface area contributed by atoms with Crippen LogP contribution in [0.15, 0.2) is 152 Å². The van der Waals surface area contributed by atoms with Crippen molar-refractivity contribution in [2.45, 2.75) is 19.3 Å². The summed E-state index contributed by atoms with van der Waals surface area (Å²) in [5.41, 5.74) is 12.8. The van der Waals surface area contributed by atoms with E-state index in [9.17, 15) is 0 Å². The molecule has 0 atom stereocenters. The topological polar surface area (TPSA) is 9.23 Å². The fourth-order valence-electron chi connectivity index (χ4n) is 7.97. The summed E-state index contributed by atoms with van der Waals surface area (Å²) < 4.78 is 5.53. The second-order valence-electron chi connectivity index (χ2n) is 13.3. The molecule has 1 heteroatoms. The third-order valence-corrected chi connectivity index (χ3v) is 10.4. The van der Waals surface area contributed by atoms with Gasteiger partial charge in [-0.25, -0.2) is 0 Å². The molecular formula is C46H34O. The highest BCUT2D eigenvalue weighted by molar-refractivity contribution is 6.22. The van der Waals surface area contributed by atoms with Gasteiger partial charge in [-0.1, -0.05) is 135 Å². The fraction of sp³-hybridized carbons (Fsp3) is 0.0870. The average Bonchev–Trinajstić information content (AvgIpc) is 3.35. The number of hydrogen-bond acceptors (Lipinski definition) is 1. The number of hydrogen-bond donors (Lipinski definition) is 0. The smallest absolute Gasteiger partial charge is 0.118 e. The normalized spacial score (nSPS) is 13.2. The molecule has 0 aliphatic heterocycles. The van der Waals surface area contributed by atoms with E-state index in [1.54, 1.807) is 7.11 Å². The Morgan fingerprint density at radius 1 is 0.404 bits per heavy atom. The minimum Gasteiger partial charge on any atom is -0.497 e. The Hall–Kier alpha value is -5.66. The largest absolute Gasteiger partial charge is 0.497 e. The van der Waals surface area contributed by atoms with Gasteiger partial charge in [-0.15, -0.1) is 0 Å². The Morgan fingerprint density at radius 3 is 1.77 bits per heavy atom. The standard InChI is InChI=1S/C46H34O/c1-46(2)42-15-9-8-12-36(42)37-24-21-34(28-43(37)46)45-39-14-7-6-13-38(39)44(30-18-22-35(47-3)23-19-30)40-25-20-33(27-41(40)45)32-17-16-29-10-4-5-11-31(29)26-32/h4-28H,1-3H3. The van der Waals surface area contributed by atoms with Crippen LogP contribution in [0.5, 0.6) is 5.75 Å². The monoisotopic (exact) mass is 602 g/mol. The predicted molar refractivity (Wildman–Crippen MR) is 199 cm³/mol. The Labute approximate surface area is 275 Å². The maximum absolute atomic E-state index is 5.53. The van der Waals surface area contributed by atoms with E-state index < -0.39 is 0 Å². The van der Waals surface area contributed by atoms with Crippen LogP contribution in [0.2, 0.25) is 0 Å². The van der Waals surface area contributed by atoms with Gasteiger partial charge in [-0.2, -0.15) is 0 Å². The maximum atomic E-state index is 5.53. The molecule has 0 aromatic heterocycles. The van der Waals surface area contributed by atoms with Crippen LogP contribution in [0, 0.1) is 0 Å². The first kappa shape index (κ1) is 27.6. The van der Waals surface area contributed by atoms with Gasteiger partial charge < -0.3 is 4.74 Å². The summed E-state index contributed by atoms with van der Waals surface area (Å²) in [6.07, 6.45) is 0. The molecule has 0 unspecified atom stereocenters. The Kier molecular flexibility index (Phi) is 6.14. The molecule has 0 heterocycles. The number of ether oxygens (including phenoxy) is 1. The summed E-state index contributed by atoms with van der Waals surface area (Å²) in [5.74, 6) is 0.860. The quantitative estimate of drug-likeness (QED) is 0.182. The molecule has 0 bridgehead atoms. The summed E-state index contributed by atoms with van der Waals surface area (Å²) in [6.45, 7) is 4.73. The molecule has 1 aliphatic carbocycles. The molecule has 224 valence electrons. The van der Waals surface area contributed by atoms with Crippen molar-refractivity contribution in [3.05, 3.63) is 163 Å². The van der Waals surface area contributed by atoms with Gasteiger partial charge in [-0.3, -0.25) is 0 Å². The first-order chi connectivity index (χ1) is 23.0. The number of methoxy groups -OCH3 is 1. The van der Waals surface area contributed by atoms with Crippen molar-refractivity contribution in [1.82, 2.24) is 0 Å². The molecular weight excluding hydrogens is 569 g/mol. The van der Waals surface area contributed by atoms with Crippen LogP contribution < -0.4 is 4.74 Å². The first-order valence-electron chi connectivity index (χ1n) is 16.4. The molecule has 0 N–H and O–H groups in total. The van der Waals surface area contributed by atoms with Crippen molar-refractivity contribution in [2.24, 2.45) is 0 Å². The molecule has 0 saturated carbocycles. The van der Waals surface area contributed by atoms with Gasteiger partial charge in [0.2, 0.25) is 0 Å². The van der Waals surface area contributed by atoms with Crippen LogP contribution in [0.4, 0.5) is 0 Å².